The lowest BCUT2D eigenvalue weighted by Crippen LogP contribution is -2.28. The molecule has 6 nitrogen and oxygen atoms in total. The Labute approximate surface area is 232 Å². The van der Waals surface area contributed by atoms with Crippen LogP contribution in [0.5, 0.6) is 0 Å². The molecule has 3 aromatic heterocycles. The highest BCUT2D eigenvalue weighted by molar-refractivity contribution is 7.99. The molecule has 0 aromatic carbocycles. The molecule has 1 amide bonds. The van der Waals surface area contributed by atoms with Gasteiger partial charge in [-0.25, -0.2) is 0 Å². The number of nitrogens with one attached hydrogen (secondary N) is 1. The molecule has 0 aliphatic heterocycles. The smallest absolute Gasteiger partial charge is 0.235 e. The standard InChI is InChI=1S/C28H37N5OS3/c1-7-9-20-12-18(15-35-20)25-31-32-27(33(25)17(3)4)36-16-24(34)30-26-22(14-29)21-11-10-19(13-23(21)37-26)28(5,6)8-2/h12,15,17,19H,7-11,13,16H2,1-6H3,(H,30,34). The van der Waals surface area contributed by atoms with Crippen molar-refractivity contribution in [3.63, 3.8) is 0 Å². The van der Waals surface area contributed by atoms with Gasteiger partial charge in [-0.05, 0) is 62.5 Å². The summed E-state index contributed by atoms with van der Waals surface area (Å²) in [6.45, 7) is 13.3. The van der Waals surface area contributed by atoms with Gasteiger partial charge in [0.05, 0.1) is 11.3 Å². The third-order valence-corrected chi connectivity index (χ3v) is 10.7. The van der Waals surface area contributed by atoms with Crippen molar-refractivity contribution in [3.05, 3.63) is 32.3 Å². The Morgan fingerprint density at radius 3 is 2.81 bits per heavy atom. The number of thioether (sulfide) groups is 1. The highest BCUT2D eigenvalue weighted by Crippen LogP contribution is 2.45. The van der Waals surface area contributed by atoms with E-state index < -0.39 is 0 Å². The molecular weight excluding hydrogens is 519 g/mol. The fraction of sp³-hybridized carbons (Fsp3) is 0.571. The summed E-state index contributed by atoms with van der Waals surface area (Å²) in [6.07, 6.45) is 6.32. The van der Waals surface area contributed by atoms with E-state index in [1.807, 2.05) is 0 Å². The molecular formula is C28H37N5OS3. The quantitative estimate of drug-likeness (QED) is 0.259. The van der Waals surface area contributed by atoms with Crippen LogP contribution in [0.15, 0.2) is 16.6 Å². The predicted molar refractivity (Wildman–Crippen MR) is 156 cm³/mol. The summed E-state index contributed by atoms with van der Waals surface area (Å²) in [5.74, 6) is 1.55. The van der Waals surface area contributed by atoms with Gasteiger partial charge in [0.15, 0.2) is 11.0 Å². The first-order valence-electron chi connectivity index (χ1n) is 13.2. The molecule has 37 heavy (non-hydrogen) atoms. The molecule has 1 aliphatic rings. The average molecular weight is 556 g/mol. The van der Waals surface area contributed by atoms with Crippen LogP contribution in [0.3, 0.4) is 0 Å². The number of carbonyl (C=O) groups is 1. The Kier molecular flexibility index (Phi) is 8.82. The summed E-state index contributed by atoms with van der Waals surface area (Å²) in [5.41, 5.74) is 3.15. The molecule has 0 radical (unpaired) electrons. The van der Waals surface area contributed by atoms with E-state index in [1.165, 1.54) is 21.5 Å². The van der Waals surface area contributed by atoms with Crippen LogP contribution in [0.4, 0.5) is 5.00 Å². The van der Waals surface area contributed by atoms with Gasteiger partial charge in [-0.15, -0.1) is 32.9 Å². The number of hydrogen-bond acceptors (Lipinski definition) is 7. The number of nitriles is 1. The van der Waals surface area contributed by atoms with Gasteiger partial charge in [-0.3, -0.25) is 9.36 Å². The van der Waals surface area contributed by atoms with E-state index in [2.05, 4.69) is 79.1 Å². The fourth-order valence-electron chi connectivity index (χ4n) is 4.95. The number of rotatable bonds is 10. The van der Waals surface area contributed by atoms with E-state index in [-0.39, 0.29) is 23.1 Å². The number of aromatic nitrogens is 3. The lowest BCUT2D eigenvalue weighted by molar-refractivity contribution is -0.113. The van der Waals surface area contributed by atoms with Gasteiger partial charge in [0.25, 0.3) is 0 Å². The number of amides is 1. The van der Waals surface area contributed by atoms with Crippen molar-refractivity contribution < 1.29 is 4.79 Å². The van der Waals surface area contributed by atoms with Crippen molar-refractivity contribution in [3.8, 4) is 17.5 Å². The Morgan fingerprint density at radius 2 is 2.14 bits per heavy atom. The lowest BCUT2D eigenvalue weighted by atomic mass is 9.69. The Balaban J connectivity index is 1.46. The van der Waals surface area contributed by atoms with Crippen LogP contribution in [0.1, 0.15) is 87.7 Å². The highest BCUT2D eigenvalue weighted by atomic mass is 32.2. The van der Waals surface area contributed by atoms with Crippen LogP contribution in [-0.4, -0.2) is 26.4 Å². The minimum absolute atomic E-state index is 0.119. The van der Waals surface area contributed by atoms with Gasteiger partial charge in [0.2, 0.25) is 5.91 Å². The summed E-state index contributed by atoms with van der Waals surface area (Å²) >= 11 is 4.74. The van der Waals surface area contributed by atoms with Crippen LogP contribution >= 0.6 is 34.4 Å². The van der Waals surface area contributed by atoms with E-state index in [1.54, 1.807) is 22.7 Å². The van der Waals surface area contributed by atoms with Gasteiger partial charge in [0, 0.05) is 26.7 Å². The first kappa shape index (κ1) is 27.9. The van der Waals surface area contributed by atoms with Crippen LogP contribution in [0.25, 0.3) is 11.4 Å². The zero-order valence-electron chi connectivity index (χ0n) is 22.7. The SMILES string of the molecule is CCCc1cc(-c2nnc(SCC(=O)Nc3sc4c(c3C#N)CCC(C(C)(C)CC)C4)n2C(C)C)cs1. The maximum absolute atomic E-state index is 13.0. The second kappa shape index (κ2) is 11.7. The van der Waals surface area contributed by atoms with Crippen molar-refractivity contribution in [2.75, 3.05) is 11.1 Å². The van der Waals surface area contributed by atoms with Crippen molar-refractivity contribution in [1.82, 2.24) is 14.8 Å². The number of thiophene rings is 2. The molecule has 0 saturated carbocycles. The molecule has 198 valence electrons. The number of nitrogens with zero attached hydrogens (tertiary/aromatic N) is 4. The third kappa shape index (κ3) is 5.97. The number of fused-ring (bicyclic) bond motifs is 1. The summed E-state index contributed by atoms with van der Waals surface area (Å²) in [5, 5.41) is 25.4. The van der Waals surface area contributed by atoms with Crippen molar-refractivity contribution >= 4 is 45.3 Å². The van der Waals surface area contributed by atoms with Crippen LogP contribution < -0.4 is 5.32 Å². The molecule has 0 saturated heterocycles. The van der Waals surface area contributed by atoms with Crippen LogP contribution in [0.2, 0.25) is 0 Å². The lowest BCUT2D eigenvalue weighted by Gasteiger charge is -2.36. The summed E-state index contributed by atoms with van der Waals surface area (Å²) in [4.78, 5) is 15.6. The highest BCUT2D eigenvalue weighted by Gasteiger charge is 2.34. The zero-order chi connectivity index (χ0) is 26.7. The molecule has 0 bridgehead atoms. The number of aryl methyl sites for hydroxylation is 1. The normalized spacial score (nSPS) is 15.6. The van der Waals surface area contributed by atoms with E-state index >= 15 is 0 Å². The van der Waals surface area contributed by atoms with E-state index in [4.69, 9.17) is 0 Å². The topological polar surface area (TPSA) is 83.6 Å². The summed E-state index contributed by atoms with van der Waals surface area (Å²) < 4.78 is 2.11. The molecule has 0 spiro atoms. The predicted octanol–water partition coefficient (Wildman–Crippen LogP) is 7.75. The first-order valence-corrected chi connectivity index (χ1v) is 15.9. The van der Waals surface area contributed by atoms with Crippen molar-refractivity contribution in [2.24, 2.45) is 11.3 Å². The maximum Gasteiger partial charge on any atom is 0.235 e. The Hall–Kier alpha value is -2.15. The van der Waals surface area contributed by atoms with Gasteiger partial charge < -0.3 is 5.32 Å². The molecule has 9 heteroatoms. The van der Waals surface area contributed by atoms with Crippen molar-refractivity contribution in [2.45, 2.75) is 91.3 Å². The molecule has 1 unspecified atom stereocenters. The molecule has 3 aromatic rings. The van der Waals surface area contributed by atoms with Gasteiger partial charge >= 0.3 is 0 Å². The minimum atomic E-state index is -0.119. The average Bonchev–Trinajstić information content (AvgIpc) is 3.58. The molecule has 1 aliphatic carbocycles. The minimum Gasteiger partial charge on any atom is -0.316 e. The van der Waals surface area contributed by atoms with Crippen LogP contribution in [0, 0.1) is 22.7 Å². The Morgan fingerprint density at radius 1 is 1.35 bits per heavy atom. The van der Waals surface area contributed by atoms with Gasteiger partial charge in [-0.1, -0.05) is 52.3 Å². The molecule has 0 fully saturated rings. The van der Waals surface area contributed by atoms with Gasteiger partial charge in [0.1, 0.15) is 11.1 Å². The van der Waals surface area contributed by atoms with Gasteiger partial charge in [-0.2, -0.15) is 5.26 Å². The number of carbonyl (C=O) groups excluding carboxylic acids is 1. The number of hydrogen-bond donors (Lipinski definition) is 1. The number of anilines is 1. The Bertz CT molecular complexity index is 1290. The summed E-state index contributed by atoms with van der Waals surface area (Å²) in [7, 11) is 0. The zero-order valence-corrected chi connectivity index (χ0v) is 25.1. The van der Waals surface area contributed by atoms with Crippen molar-refractivity contribution in [1.29, 1.82) is 5.26 Å². The van der Waals surface area contributed by atoms with E-state index in [0.717, 1.165) is 60.6 Å². The van der Waals surface area contributed by atoms with Crippen LogP contribution in [-0.2, 0) is 24.1 Å². The monoisotopic (exact) mass is 555 g/mol. The molecule has 1 atom stereocenters. The van der Waals surface area contributed by atoms with E-state index in [9.17, 15) is 10.1 Å². The largest absolute Gasteiger partial charge is 0.316 e. The fourth-order valence-corrected chi connectivity index (χ4v) is 8.08. The molecule has 4 rings (SSSR count). The molecule has 3 heterocycles. The molecule has 1 N–H and O–H groups in total. The van der Waals surface area contributed by atoms with E-state index in [0.29, 0.717) is 16.5 Å². The summed E-state index contributed by atoms with van der Waals surface area (Å²) in [6, 6.07) is 4.74. The second-order valence-corrected chi connectivity index (χ2v) is 13.8. The third-order valence-electron chi connectivity index (χ3n) is 7.57. The first-order chi connectivity index (χ1) is 17.7. The maximum atomic E-state index is 13.0. The second-order valence-electron chi connectivity index (χ2n) is 10.8.